The van der Waals surface area contributed by atoms with Crippen molar-refractivity contribution in [2.75, 3.05) is 5.75 Å². The summed E-state index contributed by atoms with van der Waals surface area (Å²) in [7, 11) is -3.25. The normalized spacial score (nSPS) is 11.6. The summed E-state index contributed by atoms with van der Waals surface area (Å²) in [5, 5.41) is 4.43. The zero-order valence-corrected chi connectivity index (χ0v) is 10.5. The topological polar surface area (TPSA) is 52.0 Å². The second kappa shape index (κ2) is 4.89. The van der Waals surface area contributed by atoms with Gasteiger partial charge in [-0.3, -0.25) is 4.68 Å². The van der Waals surface area contributed by atoms with Crippen molar-refractivity contribution in [1.29, 1.82) is 0 Å². The summed E-state index contributed by atoms with van der Waals surface area (Å²) in [5.74, 6) is 0.00895. The molecule has 6 heteroatoms. The van der Waals surface area contributed by atoms with Gasteiger partial charge in [0.1, 0.15) is 0 Å². The summed E-state index contributed by atoms with van der Waals surface area (Å²) < 4.78 is 25.4. The van der Waals surface area contributed by atoms with E-state index in [0.717, 1.165) is 0 Å². The van der Waals surface area contributed by atoms with E-state index in [1.54, 1.807) is 36.5 Å². The SMILES string of the molecule is O=S(=O)(CCn1cc(Cl)cn1)c1ccccc1. The second-order valence-electron chi connectivity index (χ2n) is 3.55. The van der Waals surface area contributed by atoms with Crippen molar-refractivity contribution >= 4 is 21.4 Å². The highest BCUT2D eigenvalue weighted by molar-refractivity contribution is 7.91. The number of hydrogen-bond acceptors (Lipinski definition) is 3. The zero-order valence-electron chi connectivity index (χ0n) is 8.95. The third-order valence-electron chi connectivity index (χ3n) is 2.29. The van der Waals surface area contributed by atoms with Crippen LogP contribution in [-0.4, -0.2) is 24.0 Å². The van der Waals surface area contributed by atoms with Gasteiger partial charge < -0.3 is 0 Å². The van der Waals surface area contributed by atoms with Crippen molar-refractivity contribution in [1.82, 2.24) is 9.78 Å². The maximum Gasteiger partial charge on any atom is 0.180 e. The first kappa shape index (κ1) is 12.1. The molecule has 1 aromatic carbocycles. The van der Waals surface area contributed by atoms with Gasteiger partial charge in [0.25, 0.3) is 0 Å². The number of nitrogens with zero attached hydrogens (tertiary/aromatic N) is 2. The van der Waals surface area contributed by atoms with Gasteiger partial charge in [-0.05, 0) is 12.1 Å². The van der Waals surface area contributed by atoms with Crippen molar-refractivity contribution in [3.8, 4) is 0 Å². The Hall–Kier alpha value is -1.33. The molecule has 0 aliphatic carbocycles. The number of hydrogen-bond donors (Lipinski definition) is 0. The molecular weight excluding hydrogens is 260 g/mol. The summed E-state index contributed by atoms with van der Waals surface area (Å²) in [6.07, 6.45) is 3.08. The molecule has 0 amide bonds. The average Bonchev–Trinajstić information content (AvgIpc) is 2.74. The minimum Gasteiger partial charge on any atom is -0.270 e. The van der Waals surface area contributed by atoms with Crippen LogP contribution in [0.2, 0.25) is 5.02 Å². The molecule has 2 aromatic rings. The van der Waals surface area contributed by atoms with Gasteiger partial charge in [-0.15, -0.1) is 0 Å². The first-order valence-corrected chi connectivity index (χ1v) is 7.07. The lowest BCUT2D eigenvalue weighted by Gasteiger charge is -2.04. The average molecular weight is 271 g/mol. The molecule has 0 bridgehead atoms. The summed E-state index contributed by atoms with van der Waals surface area (Å²) >= 11 is 5.69. The van der Waals surface area contributed by atoms with E-state index in [-0.39, 0.29) is 5.75 Å². The van der Waals surface area contributed by atoms with Gasteiger partial charge in [-0.2, -0.15) is 5.10 Å². The molecule has 0 atom stereocenters. The van der Waals surface area contributed by atoms with E-state index >= 15 is 0 Å². The summed E-state index contributed by atoms with van der Waals surface area (Å²) in [6, 6.07) is 8.37. The van der Waals surface area contributed by atoms with Crippen molar-refractivity contribution in [3.05, 3.63) is 47.7 Å². The van der Waals surface area contributed by atoms with E-state index in [9.17, 15) is 8.42 Å². The largest absolute Gasteiger partial charge is 0.270 e. The molecule has 0 aliphatic rings. The maximum absolute atomic E-state index is 11.9. The monoisotopic (exact) mass is 270 g/mol. The van der Waals surface area contributed by atoms with Crippen molar-refractivity contribution in [3.63, 3.8) is 0 Å². The van der Waals surface area contributed by atoms with Crippen LogP contribution in [0.25, 0.3) is 0 Å². The Morgan fingerprint density at radius 1 is 1.24 bits per heavy atom. The minimum atomic E-state index is -3.25. The highest BCUT2D eigenvalue weighted by atomic mass is 35.5. The quantitative estimate of drug-likeness (QED) is 0.854. The molecule has 1 aromatic heterocycles. The van der Waals surface area contributed by atoms with Crippen molar-refractivity contribution < 1.29 is 8.42 Å². The van der Waals surface area contributed by atoms with Crippen LogP contribution in [0.15, 0.2) is 47.6 Å². The highest BCUT2D eigenvalue weighted by Crippen LogP contribution is 2.11. The molecular formula is C11H11ClN2O2S. The lowest BCUT2D eigenvalue weighted by atomic mass is 10.4. The Kier molecular flexibility index (Phi) is 3.49. The van der Waals surface area contributed by atoms with E-state index < -0.39 is 9.84 Å². The Balaban J connectivity index is 2.09. The Bertz CT molecular complexity index is 593. The lowest BCUT2D eigenvalue weighted by molar-refractivity contribution is 0.580. The zero-order chi connectivity index (χ0) is 12.3. The van der Waals surface area contributed by atoms with Crippen LogP contribution in [0.5, 0.6) is 0 Å². The fourth-order valence-electron chi connectivity index (χ4n) is 1.42. The molecule has 90 valence electrons. The number of benzene rings is 1. The van der Waals surface area contributed by atoms with Gasteiger partial charge in [-0.25, -0.2) is 8.42 Å². The van der Waals surface area contributed by atoms with Crippen molar-refractivity contribution in [2.24, 2.45) is 0 Å². The first-order chi connectivity index (χ1) is 8.08. The van der Waals surface area contributed by atoms with Crippen LogP contribution in [0.1, 0.15) is 0 Å². The van der Waals surface area contributed by atoms with E-state index in [1.165, 1.54) is 10.9 Å². The summed E-state index contributed by atoms with van der Waals surface area (Å²) in [4.78, 5) is 0.332. The molecule has 0 unspecified atom stereocenters. The van der Waals surface area contributed by atoms with E-state index in [4.69, 9.17) is 11.6 Å². The number of sulfone groups is 1. The smallest absolute Gasteiger partial charge is 0.180 e. The molecule has 1 heterocycles. The van der Waals surface area contributed by atoms with Crippen molar-refractivity contribution in [2.45, 2.75) is 11.4 Å². The Morgan fingerprint density at radius 2 is 1.94 bits per heavy atom. The molecule has 4 nitrogen and oxygen atoms in total. The minimum absolute atomic E-state index is 0.00895. The molecule has 0 spiro atoms. The van der Waals surface area contributed by atoms with Gasteiger partial charge in [0.15, 0.2) is 9.84 Å². The third kappa shape index (κ3) is 3.08. The van der Waals surface area contributed by atoms with Crippen LogP contribution >= 0.6 is 11.6 Å². The van der Waals surface area contributed by atoms with Crippen LogP contribution in [0.3, 0.4) is 0 Å². The summed E-state index contributed by atoms with van der Waals surface area (Å²) in [6.45, 7) is 0.296. The molecule has 2 rings (SSSR count). The Morgan fingerprint density at radius 3 is 2.53 bits per heavy atom. The third-order valence-corrected chi connectivity index (χ3v) is 4.20. The molecule has 0 N–H and O–H groups in total. The number of rotatable bonds is 4. The van der Waals surface area contributed by atoms with Gasteiger partial charge in [0.05, 0.1) is 28.4 Å². The van der Waals surface area contributed by atoms with E-state index in [0.29, 0.717) is 16.5 Å². The van der Waals surface area contributed by atoms with Gasteiger partial charge in [0, 0.05) is 6.20 Å². The van der Waals surface area contributed by atoms with Gasteiger partial charge in [-0.1, -0.05) is 29.8 Å². The fraction of sp³-hybridized carbons (Fsp3) is 0.182. The number of aromatic nitrogens is 2. The second-order valence-corrected chi connectivity index (χ2v) is 6.10. The number of aryl methyl sites for hydroxylation is 1. The molecule has 0 saturated carbocycles. The Labute approximate surface area is 105 Å². The summed E-state index contributed by atoms with van der Waals surface area (Å²) in [5.41, 5.74) is 0. The molecule has 0 fully saturated rings. The highest BCUT2D eigenvalue weighted by Gasteiger charge is 2.13. The molecule has 0 saturated heterocycles. The molecule has 17 heavy (non-hydrogen) atoms. The standard InChI is InChI=1S/C11H11ClN2O2S/c12-10-8-13-14(9-10)6-7-17(15,16)11-4-2-1-3-5-11/h1-5,8-9H,6-7H2. The van der Waals surface area contributed by atoms with Gasteiger partial charge >= 0.3 is 0 Å². The van der Waals surface area contributed by atoms with E-state index in [2.05, 4.69) is 5.10 Å². The lowest BCUT2D eigenvalue weighted by Crippen LogP contribution is -2.13. The maximum atomic E-state index is 11.9. The predicted octanol–water partition coefficient (Wildman–Crippen LogP) is 2.01. The molecule has 0 aliphatic heterocycles. The van der Waals surface area contributed by atoms with Crippen LogP contribution < -0.4 is 0 Å². The molecule has 0 radical (unpaired) electrons. The van der Waals surface area contributed by atoms with Crippen LogP contribution in [0.4, 0.5) is 0 Å². The number of halogens is 1. The van der Waals surface area contributed by atoms with Crippen LogP contribution in [0, 0.1) is 0 Å². The van der Waals surface area contributed by atoms with Gasteiger partial charge in [0.2, 0.25) is 0 Å². The van der Waals surface area contributed by atoms with Crippen LogP contribution in [-0.2, 0) is 16.4 Å². The predicted molar refractivity (Wildman–Crippen MR) is 65.7 cm³/mol. The first-order valence-electron chi connectivity index (χ1n) is 5.04. The fourth-order valence-corrected chi connectivity index (χ4v) is 2.81. The van der Waals surface area contributed by atoms with E-state index in [1.807, 2.05) is 0 Å².